The Balaban J connectivity index is 1.66. The molecular weight excluding hydrogens is 362 g/mol. The zero-order valence-electron chi connectivity index (χ0n) is 14.7. The van der Waals surface area contributed by atoms with E-state index in [1.165, 1.54) is 0 Å². The third kappa shape index (κ3) is 3.43. The molecule has 1 aromatic heterocycles. The van der Waals surface area contributed by atoms with Crippen LogP contribution in [0, 0.1) is 6.92 Å². The zero-order valence-corrected chi connectivity index (χ0v) is 15.5. The lowest BCUT2D eigenvalue weighted by molar-refractivity contribution is 0.601. The Morgan fingerprint density at radius 1 is 1.11 bits per heavy atom. The number of hydrogen-bond acceptors (Lipinski definition) is 6. The van der Waals surface area contributed by atoms with Crippen LogP contribution in [0.15, 0.2) is 53.7 Å². The monoisotopic (exact) mass is 381 g/mol. The average Bonchev–Trinajstić information content (AvgIpc) is 3.12. The summed E-state index contributed by atoms with van der Waals surface area (Å²) in [4.78, 5) is 8.26. The topological polar surface area (TPSA) is 110 Å². The van der Waals surface area contributed by atoms with Crippen LogP contribution in [-0.2, 0) is 16.4 Å². The molecular formula is C19H19N5O2S. The van der Waals surface area contributed by atoms with E-state index in [-0.39, 0.29) is 10.8 Å². The van der Waals surface area contributed by atoms with Crippen LogP contribution >= 0.6 is 0 Å². The van der Waals surface area contributed by atoms with Crippen molar-refractivity contribution in [3.8, 4) is 11.1 Å². The first-order chi connectivity index (χ1) is 12.9. The maximum Gasteiger partial charge on any atom is 0.261 e. The minimum Gasteiger partial charge on any atom is -0.384 e. The van der Waals surface area contributed by atoms with Crippen molar-refractivity contribution in [2.75, 3.05) is 22.3 Å². The second-order valence-corrected chi connectivity index (χ2v) is 8.14. The second kappa shape index (κ2) is 6.55. The van der Waals surface area contributed by atoms with E-state index in [0.717, 1.165) is 40.9 Å². The molecule has 0 radical (unpaired) electrons. The number of nitrogen functional groups attached to an aromatic ring is 1. The number of nitrogens with two attached hydrogens (primary N) is 1. The molecule has 2 aromatic carbocycles. The quantitative estimate of drug-likeness (QED) is 0.641. The fraction of sp³-hybridized carbons (Fsp3) is 0.158. The molecule has 0 bridgehead atoms. The van der Waals surface area contributed by atoms with Crippen LogP contribution in [0.5, 0.6) is 0 Å². The van der Waals surface area contributed by atoms with Crippen molar-refractivity contribution < 1.29 is 8.42 Å². The van der Waals surface area contributed by atoms with E-state index in [0.29, 0.717) is 5.69 Å². The molecule has 8 heteroatoms. The van der Waals surface area contributed by atoms with Crippen LogP contribution in [0.25, 0.3) is 11.1 Å². The molecule has 0 saturated carbocycles. The third-order valence-electron chi connectivity index (χ3n) is 4.57. The highest BCUT2D eigenvalue weighted by molar-refractivity contribution is 7.92. The first-order valence-electron chi connectivity index (χ1n) is 8.50. The number of aryl methyl sites for hydroxylation is 1. The SMILES string of the molecule is Cc1ccc(NS(=O)(=O)c2ccc3c(c2)CCN3)cc1-c1cnc(N)nc1. The highest BCUT2D eigenvalue weighted by Crippen LogP contribution is 2.29. The van der Waals surface area contributed by atoms with Gasteiger partial charge in [0.05, 0.1) is 4.90 Å². The Labute approximate surface area is 157 Å². The summed E-state index contributed by atoms with van der Waals surface area (Å²) in [6, 6.07) is 10.5. The molecule has 0 saturated heterocycles. The zero-order chi connectivity index (χ0) is 19.0. The summed E-state index contributed by atoms with van der Waals surface area (Å²) in [5.74, 6) is 0.194. The van der Waals surface area contributed by atoms with Gasteiger partial charge in [-0.25, -0.2) is 18.4 Å². The molecule has 0 unspecified atom stereocenters. The highest BCUT2D eigenvalue weighted by Gasteiger charge is 2.19. The lowest BCUT2D eigenvalue weighted by atomic mass is 10.0. The summed E-state index contributed by atoms with van der Waals surface area (Å²) >= 11 is 0. The summed E-state index contributed by atoms with van der Waals surface area (Å²) in [7, 11) is -3.68. The number of rotatable bonds is 4. The van der Waals surface area contributed by atoms with E-state index >= 15 is 0 Å². The number of aromatic nitrogens is 2. The van der Waals surface area contributed by atoms with Gasteiger partial charge in [-0.2, -0.15) is 0 Å². The highest BCUT2D eigenvalue weighted by atomic mass is 32.2. The van der Waals surface area contributed by atoms with Crippen molar-refractivity contribution in [2.24, 2.45) is 0 Å². The molecule has 3 aromatic rings. The van der Waals surface area contributed by atoms with Gasteiger partial charge >= 0.3 is 0 Å². The van der Waals surface area contributed by atoms with Gasteiger partial charge in [-0.15, -0.1) is 0 Å². The van der Waals surface area contributed by atoms with Crippen molar-refractivity contribution in [1.29, 1.82) is 0 Å². The van der Waals surface area contributed by atoms with Crippen LogP contribution in [0.4, 0.5) is 17.3 Å². The van der Waals surface area contributed by atoms with E-state index in [4.69, 9.17) is 5.73 Å². The maximum absolute atomic E-state index is 12.8. The number of nitrogens with zero attached hydrogens (tertiary/aromatic N) is 2. The molecule has 0 spiro atoms. The number of benzene rings is 2. The fourth-order valence-electron chi connectivity index (χ4n) is 3.14. The summed E-state index contributed by atoms with van der Waals surface area (Å²) < 4.78 is 28.3. The van der Waals surface area contributed by atoms with Crippen molar-refractivity contribution in [3.63, 3.8) is 0 Å². The Hall–Kier alpha value is -3.13. The molecule has 1 aliphatic heterocycles. The van der Waals surface area contributed by atoms with Crippen LogP contribution in [0.1, 0.15) is 11.1 Å². The Bertz CT molecular complexity index is 1110. The lowest BCUT2D eigenvalue weighted by Crippen LogP contribution is -2.13. The van der Waals surface area contributed by atoms with Crippen LogP contribution in [-0.4, -0.2) is 24.9 Å². The van der Waals surface area contributed by atoms with E-state index in [1.807, 2.05) is 19.1 Å². The molecule has 0 aliphatic carbocycles. The standard InChI is InChI=1S/C19H19N5O2S/c1-12-2-3-15(9-17(12)14-10-22-19(20)23-11-14)24-27(25,26)16-4-5-18-13(8-16)6-7-21-18/h2-5,8-11,21,24H,6-7H2,1H3,(H2,20,22,23). The summed E-state index contributed by atoms with van der Waals surface area (Å²) in [6.45, 7) is 2.77. The Kier molecular flexibility index (Phi) is 4.19. The van der Waals surface area contributed by atoms with Gasteiger partial charge in [0.2, 0.25) is 5.95 Å². The van der Waals surface area contributed by atoms with Crippen LogP contribution in [0.2, 0.25) is 0 Å². The van der Waals surface area contributed by atoms with Gasteiger partial charge in [0.25, 0.3) is 10.0 Å². The molecule has 4 rings (SSSR count). The van der Waals surface area contributed by atoms with Gasteiger partial charge in [-0.1, -0.05) is 6.07 Å². The number of fused-ring (bicyclic) bond motifs is 1. The first kappa shape index (κ1) is 17.3. The number of anilines is 3. The molecule has 0 amide bonds. The first-order valence-corrected chi connectivity index (χ1v) is 9.99. The van der Waals surface area contributed by atoms with Crippen molar-refractivity contribution >= 4 is 27.3 Å². The fourth-order valence-corrected chi connectivity index (χ4v) is 4.24. The molecule has 0 fully saturated rings. The average molecular weight is 381 g/mol. The molecule has 7 nitrogen and oxygen atoms in total. The van der Waals surface area contributed by atoms with E-state index in [2.05, 4.69) is 20.0 Å². The van der Waals surface area contributed by atoms with E-state index in [1.54, 1.807) is 36.7 Å². The molecule has 27 heavy (non-hydrogen) atoms. The number of nitrogens with one attached hydrogen (secondary N) is 2. The minimum absolute atomic E-state index is 0.194. The molecule has 138 valence electrons. The van der Waals surface area contributed by atoms with Gasteiger partial charge in [-0.3, -0.25) is 4.72 Å². The van der Waals surface area contributed by atoms with Crippen molar-refractivity contribution in [1.82, 2.24) is 9.97 Å². The summed E-state index contributed by atoms with van der Waals surface area (Å²) in [6.07, 6.45) is 4.07. The van der Waals surface area contributed by atoms with Gasteiger partial charge < -0.3 is 11.1 Å². The predicted molar refractivity (Wildman–Crippen MR) is 106 cm³/mol. The second-order valence-electron chi connectivity index (χ2n) is 6.46. The largest absolute Gasteiger partial charge is 0.384 e. The van der Waals surface area contributed by atoms with Crippen molar-refractivity contribution in [2.45, 2.75) is 18.2 Å². The Morgan fingerprint density at radius 3 is 2.67 bits per heavy atom. The Morgan fingerprint density at radius 2 is 1.89 bits per heavy atom. The predicted octanol–water partition coefficient (Wildman–Crippen LogP) is 2.80. The van der Waals surface area contributed by atoms with Gasteiger partial charge in [0.1, 0.15) is 0 Å². The number of hydrogen-bond donors (Lipinski definition) is 3. The summed E-state index contributed by atoms with van der Waals surface area (Å²) in [5, 5.41) is 3.23. The van der Waals surface area contributed by atoms with E-state index < -0.39 is 10.0 Å². The number of sulfonamides is 1. The smallest absolute Gasteiger partial charge is 0.261 e. The normalized spacial score (nSPS) is 13.1. The maximum atomic E-state index is 12.8. The lowest BCUT2D eigenvalue weighted by Gasteiger charge is -2.12. The minimum atomic E-state index is -3.68. The molecule has 4 N–H and O–H groups in total. The molecule has 0 atom stereocenters. The van der Waals surface area contributed by atoms with Crippen LogP contribution < -0.4 is 15.8 Å². The van der Waals surface area contributed by atoms with E-state index in [9.17, 15) is 8.42 Å². The summed E-state index contributed by atoms with van der Waals surface area (Å²) in [5.41, 5.74) is 10.6. The van der Waals surface area contributed by atoms with Gasteiger partial charge in [0.15, 0.2) is 0 Å². The third-order valence-corrected chi connectivity index (χ3v) is 5.95. The molecule has 1 aliphatic rings. The molecule has 2 heterocycles. The van der Waals surface area contributed by atoms with Crippen molar-refractivity contribution in [3.05, 3.63) is 59.9 Å². The van der Waals surface area contributed by atoms with Gasteiger partial charge in [0, 0.05) is 35.9 Å². The van der Waals surface area contributed by atoms with Crippen LogP contribution in [0.3, 0.4) is 0 Å². The van der Waals surface area contributed by atoms with Gasteiger partial charge in [-0.05, 0) is 60.4 Å².